The van der Waals surface area contributed by atoms with E-state index >= 15 is 0 Å². The molecule has 0 unspecified atom stereocenters. The van der Waals surface area contributed by atoms with Gasteiger partial charge in [0.05, 0.1) is 12.0 Å². The Hall–Kier alpha value is -1.70. The van der Waals surface area contributed by atoms with E-state index < -0.39 is 17.4 Å². The van der Waals surface area contributed by atoms with Crippen LogP contribution >= 0.6 is 11.8 Å². The second-order valence-corrected chi connectivity index (χ2v) is 4.55. The second-order valence-electron chi connectivity index (χ2n) is 3.44. The Morgan fingerprint density at radius 3 is 2.47 bits per heavy atom. The van der Waals surface area contributed by atoms with Gasteiger partial charge in [-0.15, -0.1) is 0 Å². The van der Waals surface area contributed by atoms with Gasteiger partial charge in [-0.25, -0.2) is 0 Å². The number of benzene rings is 1. The van der Waals surface area contributed by atoms with Crippen molar-refractivity contribution in [2.24, 2.45) is 0 Å². The molecule has 0 aliphatic rings. The molecule has 8 heteroatoms. The van der Waals surface area contributed by atoms with Gasteiger partial charge in [0.2, 0.25) is 0 Å². The highest BCUT2D eigenvalue weighted by molar-refractivity contribution is 8.00. The number of rotatable bonds is 5. The van der Waals surface area contributed by atoms with Crippen LogP contribution in [-0.4, -0.2) is 29.0 Å². The Kier molecular flexibility index (Phi) is 5.22. The lowest BCUT2D eigenvalue weighted by atomic mass is 10.2. The number of aliphatic carboxylic acids is 1. The van der Waals surface area contributed by atoms with Crippen molar-refractivity contribution in [3.05, 3.63) is 29.8 Å². The van der Waals surface area contributed by atoms with Gasteiger partial charge >= 0.3 is 11.5 Å². The summed E-state index contributed by atoms with van der Waals surface area (Å²) in [7, 11) is 0. The highest BCUT2D eigenvalue weighted by atomic mass is 32.2. The van der Waals surface area contributed by atoms with Gasteiger partial charge in [0.15, 0.2) is 0 Å². The molecule has 4 nitrogen and oxygen atoms in total. The largest absolute Gasteiger partial charge is 0.481 e. The van der Waals surface area contributed by atoms with Crippen molar-refractivity contribution in [3.63, 3.8) is 0 Å². The van der Waals surface area contributed by atoms with E-state index in [0.717, 1.165) is 0 Å². The van der Waals surface area contributed by atoms with Gasteiger partial charge in [-0.3, -0.25) is 9.59 Å². The van der Waals surface area contributed by atoms with Crippen LogP contribution in [0.5, 0.6) is 0 Å². The van der Waals surface area contributed by atoms with Crippen molar-refractivity contribution in [2.75, 3.05) is 6.54 Å². The molecule has 1 aromatic carbocycles. The summed E-state index contributed by atoms with van der Waals surface area (Å²) in [5, 5.41) is 10.7. The maximum Gasteiger partial charge on any atom is 0.446 e. The van der Waals surface area contributed by atoms with E-state index in [2.05, 4.69) is 5.32 Å². The summed E-state index contributed by atoms with van der Waals surface area (Å²) >= 11 is -0.382. The first kappa shape index (κ1) is 15.4. The van der Waals surface area contributed by atoms with Crippen molar-refractivity contribution in [2.45, 2.75) is 16.8 Å². The van der Waals surface area contributed by atoms with Gasteiger partial charge in [0.1, 0.15) is 0 Å². The first-order valence-electron chi connectivity index (χ1n) is 5.14. The number of carboxylic acid groups (broad SMARTS) is 1. The molecule has 0 saturated carbocycles. The van der Waals surface area contributed by atoms with Crippen molar-refractivity contribution >= 4 is 23.6 Å². The van der Waals surface area contributed by atoms with Crippen molar-refractivity contribution in [1.82, 2.24) is 5.32 Å². The average molecular weight is 293 g/mol. The molecule has 0 atom stereocenters. The average Bonchev–Trinajstić information content (AvgIpc) is 2.26. The van der Waals surface area contributed by atoms with Crippen LogP contribution in [0.2, 0.25) is 0 Å². The number of halogens is 3. The molecule has 0 aliphatic heterocycles. The Balaban J connectivity index is 2.76. The molecule has 0 saturated heterocycles. The number of carbonyl (C=O) groups is 2. The number of hydrogen-bond acceptors (Lipinski definition) is 3. The van der Waals surface area contributed by atoms with Gasteiger partial charge in [0, 0.05) is 11.4 Å². The Morgan fingerprint density at radius 2 is 1.89 bits per heavy atom. The van der Waals surface area contributed by atoms with E-state index in [9.17, 15) is 22.8 Å². The van der Waals surface area contributed by atoms with E-state index in [1.807, 2.05) is 0 Å². The zero-order chi connectivity index (χ0) is 14.5. The molecule has 0 aliphatic carbocycles. The van der Waals surface area contributed by atoms with Gasteiger partial charge < -0.3 is 10.4 Å². The zero-order valence-electron chi connectivity index (χ0n) is 9.53. The quantitative estimate of drug-likeness (QED) is 0.819. The topological polar surface area (TPSA) is 66.4 Å². The summed E-state index contributed by atoms with van der Waals surface area (Å²) in [6, 6.07) is 5.27. The van der Waals surface area contributed by atoms with Gasteiger partial charge in [0.25, 0.3) is 5.91 Å². The standard InChI is InChI=1S/C11H10F3NO3S/c12-11(13,14)19-8-4-2-1-3-7(8)10(18)15-6-5-9(16)17/h1-4H,5-6H2,(H,15,18)(H,16,17). The molecule has 0 aromatic heterocycles. The Bertz CT molecular complexity index is 476. The second kappa shape index (κ2) is 6.46. The molecule has 1 aromatic rings. The van der Waals surface area contributed by atoms with Crippen LogP contribution in [0.15, 0.2) is 29.2 Å². The monoisotopic (exact) mass is 293 g/mol. The number of hydrogen-bond donors (Lipinski definition) is 2. The third kappa shape index (κ3) is 5.64. The maximum atomic E-state index is 12.3. The molecule has 0 radical (unpaired) electrons. The lowest BCUT2D eigenvalue weighted by molar-refractivity contribution is -0.136. The van der Waals surface area contributed by atoms with Crippen LogP contribution < -0.4 is 5.32 Å². The Labute approximate surface area is 111 Å². The smallest absolute Gasteiger partial charge is 0.446 e. The Morgan fingerprint density at radius 1 is 1.26 bits per heavy atom. The summed E-state index contributed by atoms with van der Waals surface area (Å²) in [5.74, 6) is -1.83. The van der Waals surface area contributed by atoms with Crippen LogP contribution in [0.1, 0.15) is 16.8 Å². The number of nitrogens with one attached hydrogen (secondary N) is 1. The van der Waals surface area contributed by atoms with E-state index in [-0.39, 0.29) is 35.2 Å². The lowest BCUT2D eigenvalue weighted by Crippen LogP contribution is -2.26. The molecule has 0 bridgehead atoms. The van der Waals surface area contributed by atoms with E-state index in [0.29, 0.717) is 0 Å². The first-order chi connectivity index (χ1) is 8.79. The summed E-state index contributed by atoms with van der Waals surface area (Å²) in [6.45, 7) is -0.140. The molecular formula is C11H10F3NO3S. The summed E-state index contributed by atoms with van der Waals surface area (Å²) < 4.78 is 36.9. The normalized spacial score (nSPS) is 11.1. The van der Waals surface area contributed by atoms with E-state index in [1.54, 1.807) is 0 Å². The number of carboxylic acids is 1. The van der Waals surface area contributed by atoms with Crippen molar-refractivity contribution < 1.29 is 27.9 Å². The zero-order valence-corrected chi connectivity index (χ0v) is 10.3. The highest BCUT2D eigenvalue weighted by Gasteiger charge is 2.31. The third-order valence-corrected chi connectivity index (χ3v) is 2.79. The molecule has 1 rings (SSSR count). The molecule has 2 N–H and O–H groups in total. The van der Waals surface area contributed by atoms with Gasteiger partial charge in [-0.2, -0.15) is 13.2 Å². The minimum Gasteiger partial charge on any atom is -0.481 e. The molecule has 19 heavy (non-hydrogen) atoms. The number of carbonyl (C=O) groups excluding carboxylic acids is 1. The summed E-state index contributed by atoms with van der Waals surface area (Å²) in [6.07, 6.45) is -0.291. The molecule has 0 spiro atoms. The fraction of sp³-hybridized carbons (Fsp3) is 0.273. The predicted molar refractivity (Wildman–Crippen MR) is 62.9 cm³/mol. The molecular weight excluding hydrogens is 283 g/mol. The number of alkyl halides is 3. The minimum absolute atomic E-state index is 0.129. The van der Waals surface area contributed by atoms with Gasteiger partial charge in [-0.05, 0) is 23.9 Å². The molecule has 0 fully saturated rings. The van der Waals surface area contributed by atoms with Gasteiger partial charge in [-0.1, -0.05) is 12.1 Å². The van der Waals surface area contributed by atoms with Crippen molar-refractivity contribution in [1.29, 1.82) is 0 Å². The summed E-state index contributed by atoms with van der Waals surface area (Å²) in [5.41, 5.74) is -4.62. The fourth-order valence-electron chi connectivity index (χ4n) is 1.25. The SMILES string of the molecule is O=C(O)CCNC(=O)c1ccccc1SC(F)(F)F. The van der Waals surface area contributed by atoms with E-state index in [4.69, 9.17) is 5.11 Å². The van der Waals surface area contributed by atoms with Crippen LogP contribution in [0.3, 0.4) is 0 Å². The number of amides is 1. The van der Waals surface area contributed by atoms with E-state index in [1.165, 1.54) is 24.3 Å². The van der Waals surface area contributed by atoms with Crippen molar-refractivity contribution in [3.8, 4) is 0 Å². The molecule has 104 valence electrons. The van der Waals surface area contributed by atoms with Crippen LogP contribution in [-0.2, 0) is 4.79 Å². The van der Waals surface area contributed by atoms with Crippen LogP contribution in [0.4, 0.5) is 13.2 Å². The third-order valence-electron chi connectivity index (χ3n) is 1.98. The maximum absolute atomic E-state index is 12.3. The first-order valence-corrected chi connectivity index (χ1v) is 5.96. The fourth-order valence-corrected chi connectivity index (χ4v) is 1.91. The molecule has 1 amide bonds. The predicted octanol–water partition coefficient (Wildman–Crippen LogP) is 2.50. The summed E-state index contributed by atoms with van der Waals surface area (Å²) in [4.78, 5) is 21.7. The molecule has 0 heterocycles. The lowest BCUT2D eigenvalue weighted by Gasteiger charge is -2.10. The van der Waals surface area contributed by atoms with Crippen LogP contribution in [0.25, 0.3) is 0 Å². The number of thioether (sulfide) groups is 1. The van der Waals surface area contributed by atoms with Crippen LogP contribution in [0, 0.1) is 0 Å². The minimum atomic E-state index is -4.49. The highest BCUT2D eigenvalue weighted by Crippen LogP contribution is 2.38.